The Labute approximate surface area is 120 Å². The largest absolute Gasteiger partial charge is 0.475 e. The Balaban J connectivity index is 2.30. The fourth-order valence-corrected chi connectivity index (χ4v) is 3.50. The van der Waals surface area contributed by atoms with E-state index in [1.807, 2.05) is 6.07 Å². The highest BCUT2D eigenvalue weighted by molar-refractivity contribution is 7.84. The summed E-state index contributed by atoms with van der Waals surface area (Å²) in [5.41, 5.74) is 1.07. The van der Waals surface area contributed by atoms with Crippen molar-refractivity contribution in [3.63, 3.8) is 0 Å². The predicted octanol–water partition coefficient (Wildman–Crippen LogP) is 3.43. The van der Waals surface area contributed by atoms with Crippen LogP contribution in [0.1, 0.15) is 36.4 Å². The molecule has 20 heavy (non-hydrogen) atoms. The summed E-state index contributed by atoms with van der Waals surface area (Å²) < 4.78 is 17.5. The molecule has 2 aromatic rings. The van der Waals surface area contributed by atoms with Crippen LogP contribution < -0.4 is 0 Å². The van der Waals surface area contributed by atoms with Crippen molar-refractivity contribution < 1.29 is 18.5 Å². The molecule has 0 radical (unpaired) electrons. The smallest absolute Gasteiger partial charge is 0.372 e. The van der Waals surface area contributed by atoms with Crippen LogP contribution in [0.5, 0.6) is 0 Å². The zero-order chi connectivity index (χ0) is 14.7. The molecule has 0 saturated heterocycles. The summed E-state index contributed by atoms with van der Waals surface area (Å²) in [4.78, 5) is 11.2. The van der Waals surface area contributed by atoms with Gasteiger partial charge in [0.05, 0.1) is 5.75 Å². The molecule has 4 nitrogen and oxygen atoms in total. The number of rotatable bonds is 6. The van der Waals surface area contributed by atoms with Gasteiger partial charge in [0.15, 0.2) is 0 Å². The van der Waals surface area contributed by atoms with Crippen molar-refractivity contribution in [1.82, 2.24) is 0 Å². The SMILES string of the molecule is CC(C)CCS(=O)Cc1c(C(=O)O)oc2ccccc12. The molecule has 0 aliphatic heterocycles. The topological polar surface area (TPSA) is 67.5 Å². The first-order valence-electron chi connectivity index (χ1n) is 6.57. The van der Waals surface area contributed by atoms with Gasteiger partial charge in [0.25, 0.3) is 0 Å². The molecule has 1 heterocycles. The van der Waals surface area contributed by atoms with E-state index in [4.69, 9.17) is 4.42 Å². The molecular formula is C15H18O4S. The van der Waals surface area contributed by atoms with Crippen LogP contribution in [0.15, 0.2) is 28.7 Å². The van der Waals surface area contributed by atoms with Gasteiger partial charge in [-0.25, -0.2) is 4.79 Å². The zero-order valence-electron chi connectivity index (χ0n) is 11.6. The third-order valence-electron chi connectivity index (χ3n) is 3.12. The van der Waals surface area contributed by atoms with Gasteiger partial charge >= 0.3 is 5.97 Å². The van der Waals surface area contributed by atoms with Crippen LogP contribution in [0.4, 0.5) is 0 Å². The van der Waals surface area contributed by atoms with E-state index in [-0.39, 0.29) is 11.5 Å². The molecule has 0 spiro atoms. The second-order valence-electron chi connectivity index (χ2n) is 5.18. The number of furan rings is 1. The first kappa shape index (κ1) is 14.8. The van der Waals surface area contributed by atoms with Crippen molar-refractivity contribution in [2.24, 2.45) is 5.92 Å². The van der Waals surface area contributed by atoms with E-state index in [1.54, 1.807) is 18.2 Å². The number of fused-ring (bicyclic) bond motifs is 1. The van der Waals surface area contributed by atoms with Crippen LogP contribution in [-0.2, 0) is 16.6 Å². The minimum absolute atomic E-state index is 0.0934. The highest BCUT2D eigenvalue weighted by Gasteiger charge is 2.21. The number of hydrogen-bond donors (Lipinski definition) is 1. The van der Waals surface area contributed by atoms with E-state index in [2.05, 4.69) is 13.8 Å². The normalized spacial score (nSPS) is 12.9. The maximum Gasteiger partial charge on any atom is 0.372 e. The molecule has 108 valence electrons. The van der Waals surface area contributed by atoms with E-state index in [0.717, 1.165) is 11.8 Å². The van der Waals surface area contributed by atoms with Crippen LogP contribution >= 0.6 is 0 Å². The molecule has 2 rings (SSSR count). The molecule has 0 bridgehead atoms. The molecule has 5 heteroatoms. The third kappa shape index (κ3) is 3.28. The average Bonchev–Trinajstić information content (AvgIpc) is 2.76. The molecule has 1 aromatic carbocycles. The molecule has 0 aliphatic carbocycles. The lowest BCUT2D eigenvalue weighted by Gasteiger charge is -2.04. The van der Waals surface area contributed by atoms with E-state index in [9.17, 15) is 14.1 Å². The first-order chi connectivity index (χ1) is 9.49. The lowest BCUT2D eigenvalue weighted by atomic mass is 10.1. The monoisotopic (exact) mass is 294 g/mol. The number of para-hydroxylation sites is 1. The molecule has 0 fully saturated rings. The maximum atomic E-state index is 12.1. The van der Waals surface area contributed by atoms with Crippen molar-refractivity contribution in [2.45, 2.75) is 26.0 Å². The van der Waals surface area contributed by atoms with Gasteiger partial charge < -0.3 is 9.52 Å². The Morgan fingerprint density at radius 1 is 1.35 bits per heavy atom. The number of carboxylic acids is 1. The lowest BCUT2D eigenvalue weighted by Crippen LogP contribution is -2.07. The Hall–Kier alpha value is -1.62. The Bertz CT molecular complexity index is 642. The summed E-state index contributed by atoms with van der Waals surface area (Å²) in [6.07, 6.45) is 0.866. The molecule has 1 atom stereocenters. The summed E-state index contributed by atoms with van der Waals surface area (Å²) in [5.74, 6) is 0.0851. The predicted molar refractivity (Wildman–Crippen MR) is 79.3 cm³/mol. The van der Waals surface area contributed by atoms with Crippen molar-refractivity contribution in [1.29, 1.82) is 0 Å². The Morgan fingerprint density at radius 2 is 2.05 bits per heavy atom. The molecule has 0 amide bonds. The number of aromatic carboxylic acids is 1. The lowest BCUT2D eigenvalue weighted by molar-refractivity contribution is 0.0664. The molecule has 1 N–H and O–H groups in total. The molecule has 0 saturated carbocycles. The fourth-order valence-electron chi connectivity index (χ4n) is 2.02. The quantitative estimate of drug-likeness (QED) is 0.886. The first-order valence-corrected chi connectivity index (χ1v) is 8.06. The van der Waals surface area contributed by atoms with Crippen LogP contribution in [0, 0.1) is 5.92 Å². The van der Waals surface area contributed by atoms with Gasteiger partial charge in [0, 0.05) is 27.5 Å². The van der Waals surface area contributed by atoms with E-state index in [0.29, 0.717) is 22.8 Å². The standard InChI is InChI=1S/C15H18O4S/c1-10(2)7-8-20(18)9-12-11-5-3-4-6-13(11)19-14(12)15(16)17/h3-6,10H,7-9H2,1-2H3,(H,16,17). The average molecular weight is 294 g/mol. The van der Waals surface area contributed by atoms with Crippen molar-refractivity contribution >= 4 is 27.7 Å². The van der Waals surface area contributed by atoms with E-state index in [1.165, 1.54) is 0 Å². The van der Waals surface area contributed by atoms with E-state index >= 15 is 0 Å². The van der Waals surface area contributed by atoms with Crippen LogP contribution in [0.3, 0.4) is 0 Å². The number of carboxylic acid groups (broad SMARTS) is 1. The summed E-state index contributed by atoms with van der Waals surface area (Å²) in [5, 5.41) is 9.94. The van der Waals surface area contributed by atoms with Gasteiger partial charge in [-0.1, -0.05) is 32.0 Å². The molecular weight excluding hydrogens is 276 g/mol. The molecule has 1 aromatic heterocycles. The van der Waals surface area contributed by atoms with Crippen molar-refractivity contribution in [2.75, 3.05) is 5.75 Å². The summed E-state index contributed by atoms with van der Waals surface area (Å²) in [6, 6.07) is 7.14. The number of carbonyl (C=O) groups is 1. The van der Waals surface area contributed by atoms with Crippen molar-refractivity contribution in [3.8, 4) is 0 Å². The van der Waals surface area contributed by atoms with Crippen LogP contribution in [0.2, 0.25) is 0 Å². The minimum atomic E-state index is -1.11. The van der Waals surface area contributed by atoms with Gasteiger partial charge in [-0.15, -0.1) is 0 Å². The third-order valence-corrected chi connectivity index (χ3v) is 4.42. The maximum absolute atomic E-state index is 12.1. The Morgan fingerprint density at radius 3 is 2.70 bits per heavy atom. The summed E-state index contributed by atoms with van der Waals surface area (Å²) >= 11 is 0. The summed E-state index contributed by atoms with van der Waals surface area (Å²) in [7, 11) is -1.08. The zero-order valence-corrected chi connectivity index (χ0v) is 12.4. The summed E-state index contributed by atoms with van der Waals surface area (Å²) in [6.45, 7) is 4.15. The van der Waals surface area contributed by atoms with Crippen LogP contribution in [-0.4, -0.2) is 21.0 Å². The Kier molecular flexibility index (Phi) is 4.60. The van der Waals surface area contributed by atoms with Gasteiger partial charge in [-0.05, 0) is 18.4 Å². The highest BCUT2D eigenvalue weighted by atomic mass is 32.2. The molecule has 0 aliphatic rings. The number of benzene rings is 1. The van der Waals surface area contributed by atoms with Gasteiger partial charge in [0.2, 0.25) is 5.76 Å². The fraction of sp³-hybridized carbons (Fsp3) is 0.400. The van der Waals surface area contributed by atoms with Crippen LogP contribution in [0.25, 0.3) is 11.0 Å². The van der Waals surface area contributed by atoms with Gasteiger partial charge in [-0.2, -0.15) is 0 Å². The number of hydrogen-bond acceptors (Lipinski definition) is 3. The van der Waals surface area contributed by atoms with Gasteiger partial charge in [-0.3, -0.25) is 4.21 Å². The highest BCUT2D eigenvalue weighted by Crippen LogP contribution is 2.27. The second-order valence-corrected chi connectivity index (χ2v) is 6.76. The minimum Gasteiger partial charge on any atom is -0.475 e. The van der Waals surface area contributed by atoms with Crippen molar-refractivity contribution in [3.05, 3.63) is 35.6 Å². The second kappa shape index (κ2) is 6.22. The molecule has 1 unspecified atom stereocenters. The van der Waals surface area contributed by atoms with Gasteiger partial charge in [0.1, 0.15) is 5.58 Å². The van der Waals surface area contributed by atoms with E-state index < -0.39 is 16.8 Å².